The molecule has 3 unspecified atom stereocenters. The molecule has 240 valence electrons. The molecule has 1 aromatic carbocycles. The van der Waals surface area contributed by atoms with Crippen LogP contribution in [-0.4, -0.2) is 73.8 Å². The highest BCUT2D eigenvalue weighted by atomic mass is 32.5. The van der Waals surface area contributed by atoms with E-state index in [9.17, 15) is 9.90 Å². The number of aromatic nitrogens is 4. The van der Waals surface area contributed by atoms with Gasteiger partial charge in [0.2, 0.25) is 11.8 Å². The number of halogens is 1. The lowest BCUT2D eigenvalue weighted by molar-refractivity contribution is -0.152. The highest BCUT2D eigenvalue weighted by Gasteiger charge is 2.55. The molecule has 1 aliphatic carbocycles. The zero-order valence-corrected chi connectivity index (χ0v) is 26.5. The minimum Gasteiger partial charge on any atom is -0.476 e. The van der Waals surface area contributed by atoms with Gasteiger partial charge in [-0.1, -0.05) is 24.6 Å². The third-order valence-electron chi connectivity index (χ3n) is 7.55. The van der Waals surface area contributed by atoms with Gasteiger partial charge in [0.25, 0.3) is 0 Å². The number of anilines is 1. The summed E-state index contributed by atoms with van der Waals surface area (Å²) in [6.07, 6.45) is 1.55. The van der Waals surface area contributed by atoms with Crippen molar-refractivity contribution >= 4 is 41.5 Å². The van der Waals surface area contributed by atoms with Crippen LogP contribution in [0.25, 0.3) is 11.2 Å². The molecule has 3 aromatic rings. The monoisotopic (exact) mass is 652 g/mol. The Bertz CT molecular complexity index is 1490. The van der Waals surface area contributed by atoms with Gasteiger partial charge in [-0.25, -0.2) is 14.5 Å². The molecular weight excluding hydrogens is 614 g/mol. The summed E-state index contributed by atoms with van der Waals surface area (Å²) in [7, 11) is 0. The number of nitrogen functional groups attached to an aromatic ring is 1. The number of nitrogens with zero attached hydrogens (tertiary/aromatic N) is 4. The highest BCUT2D eigenvalue weighted by Crippen LogP contribution is 2.48. The Hall–Kier alpha value is -2.94. The second-order valence-electron chi connectivity index (χ2n) is 11.0. The first-order valence-electron chi connectivity index (χ1n) is 14.6. The summed E-state index contributed by atoms with van der Waals surface area (Å²) in [6.45, 7) is 1.13. The van der Waals surface area contributed by atoms with Crippen molar-refractivity contribution in [1.29, 1.82) is 0 Å². The summed E-state index contributed by atoms with van der Waals surface area (Å²) < 4.78 is 46.5. The third-order valence-corrected chi connectivity index (χ3v) is 10.0. The fourth-order valence-corrected chi connectivity index (χ4v) is 7.71. The number of rotatable bonds is 12. The number of ether oxygens (including phenoxy) is 3. The van der Waals surface area contributed by atoms with Crippen molar-refractivity contribution in [1.82, 2.24) is 24.6 Å². The Morgan fingerprint density at radius 1 is 1.30 bits per heavy atom. The van der Waals surface area contributed by atoms with Crippen LogP contribution in [0.3, 0.4) is 0 Å². The maximum absolute atomic E-state index is 15.8. The van der Waals surface area contributed by atoms with Gasteiger partial charge < -0.3 is 34.1 Å². The molecule has 5 rings (SSSR count). The van der Waals surface area contributed by atoms with Crippen LogP contribution in [0.15, 0.2) is 36.7 Å². The van der Waals surface area contributed by atoms with Gasteiger partial charge in [-0.15, -0.1) is 0 Å². The zero-order valence-electron chi connectivity index (χ0n) is 24.8. The summed E-state index contributed by atoms with van der Waals surface area (Å²) in [5, 5.41) is 14.3. The van der Waals surface area contributed by atoms with E-state index in [1.54, 1.807) is 38.1 Å². The number of nitrogens with one attached hydrogen (secondary N) is 1. The Kier molecular flexibility index (Phi) is 10.0. The van der Waals surface area contributed by atoms with Crippen LogP contribution in [0, 0.1) is 0 Å². The van der Waals surface area contributed by atoms with Crippen LogP contribution in [0.2, 0.25) is 0 Å². The van der Waals surface area contributed by atoms with Gasteiger partial charge in [-0.2, -0.15) is 9.97 Å². The second kappa shape index (κ2) is 13.6. The molecule has 2 aliphatic rings. The molecule has 0 bridgehead atoms. The van der Waals surface area contributed by atoms with Gasteiger partial charge in [0.05, 0.1) is 19.5 Å². The van der Waals surface area contributed by atoms with Crippen LogP contribution in [-0.2, 0) is 30.6 Å². The maximum atomic E-state index is 15.8. The summed E-state index contributed by atoms with van der Waals surface area (Å²) in [4.78, 5) is 25.5. The molecule has 16 heteroatoms. The minimum absolute atomic E-state index is 0.0852. The average molecular weight is 653 g/mol. The third kappa shape index (κ3) is 7.13. The number of benzene rings is 1. The molecule has 1 aliphatic heterocycles. The number of alkyl halides is 1. The predicted octanol–water partition coefficient (Wildman–Crippen LogP) is 3.97. The molecule has 0 amide bonds. The first kappa shape index (κ1) is 32.5. The summed E-state index contributed by atoms with van der Waals surface area (Å²) in [6, 6.07) is 7.85. The Labute approximate surface area is 259 Å². The quantitative estimate of drug-likeness (QED) is 0.190. The fourth-order valence-electron chi connectivity index (χ4n) is 5.29. The van der Waals surface area contributed by atoms with E-state index < -0.39 is 49.4 Å². The molecule has 0 radical (unpaired) electrons. The molecule has 1 saturated carbocycles. The SMILES string of the molecule is CCOc1nc(N)nc2c1ncn2[C@@H]1O[C@H](COP(=S)(NC(C)C(=O)OC2CCCCC2)Oc2ccccc2)C(F)[C@@]1(C)O. The van der Waals surface area contributed by atoms with E-state index in [1.807, 2.05) is 6.07 Å². The van der Waals surface area contributed by atoms with E-state index in [4.69, 9.17) is 40.8 Å². The van der Waals surface area contributed by atoms with E-state index in [2.05, 4.69) is 20.0 Å². The van der Waals surface area contributed by atoms with Gasteiger partial charge in [0.15, 0.2) is 23.6 Å². The highest BCUT2D eigenvalue weighted by molar-refractivity contribution is 8.09. The maximum Gasteiger partial charge on any atom is 0.323 e. The van der Waals surface area contributed by atoms with Crippen LogP contribution >= 0.6 is 6.64 Å². The van der Waals surface area contributed by atoms with Gasteiger partial charge in [0.1, 0.15) is 29.6 Å². The van der Waals surface area contributed by atoms with E-state index in [0.29, 0.717) is 12.4 Å². The molecule has 2 fully saturated rings. The van der Waals surface area contributed by atoms with E-state index >= 15 is 4.39 Å². The van der Waals surface area contributed by atoms with Crippen molar-refractivity contribution in [2.24, 2.45) is 0 Å². The van der Waals surface area contributed by atoms with Crippen molar-refractivity contribution in [2.75, 3.05) is 18.9 Å². The molecule has 44 heavy (non-hydrogen) atoms. The minimum atomic E-state index is -3.48. The second-order valence-corrected chi connectivity index (χ2v) is 14.2. The summed E-state index contributed by atoms with van der Waals surface area (Å²) in [5.74, 6) is -0.00555. The number of aliphatic hydroxyl groups is 1. The van der Waals surface area contributed by atoms with Gasteiger partial charge >= 0.3 is 12.6 Å². The lowest BCUT2D eigenvalue weighted by Gasteiger charge is -2.29. The molecule has 6 atom stereocenters. The molecule has 4 N–H and O–H groups in total. The van der Waals surface area contributed by atoms with Crippen LogP contribution in [0.5, 0.6) is 11.6 Å². The molecular formula is C28H38FN6O7PS. The normalized spacial score (nSPS) is 26.2. The number of para-hydroxylation sites is 1. The van der Waals surface area contributed by atoms with Crippen LogP contribution in [0.1, 0.15) is 59.1 Å². The van der Waals surface area contributed by atoms with E-state index in [-0.39, 0.29) is 29.1 Å². The topological polar surface area (TPSA) is 165 Å². The molecule has 1 saturated heterocycles. The van der Waals surface area contributed by atoms with Crippen molar-refractivity contribution in [3.05, 3.63) is 36.7 Å². The lowest BCUT2D eigenvalue weighted by Crippen LogP contribution is -2.42. The fraction of sp³-hybridized carbons (Fsp3) is 0.571. The largest absolute Gasteiger partial charge is 0.476 e. The summed E-state index contributed by atoms with van der Waals surface area (Å²) >= 11 is 5.79. The number of nitrogens with two attached hydrogens (primary N) is 1. The Balaban J connectivity index is 1.33. The van der Waals surface area contributed by atoms with Gasteiger partial charge in [0, 0.05) is 0 Å². The van der Waals surface area contributed by atoms with E-state index in [0.717, 1.165) is 32.1 Å². The first-order chi connectivity index (χ1) is 21.0. The first-order valence-corrected chi connectivity index (χ1v) is 17.3. The number of fused-ring (bicyclic) bond motifs is 1. The number of esters is 1. The van der Waals surface area contributed by atoms with Crippen LogP contribution in [0.4, 0.5) is 10.3 Å². The van der Waals surface area contributed by atoms with Crippen molar-refractivity contribution < 1.29 is 37.5 Å². The number of hydrogen-bond acceptors (Lipinski definition) is 12. The van der Waals surface area contributed by atoms with Crippen molar-refractivity contribution in [2.45, 2.75) is 89.1 Å². The average Bonchev–Trinajstić information content (AvgIpc) is 3.50. The lowest BCUT2D eigenvalue weighted by atomic mass is 9.98. The Morgan fingerprint density at radius 3 is 2.73 bits per heavy atom. The standard InChI is InChI=1S/C28H38FN6O7PS/c1-4-38-24-21-23(32-27(30)33-24)35(16-31-21)26-28(3,37)22(29)20(41-26)15-39-43(44,42-19-13-9-6-10-14-19)34-17(2)25(36)40-18-11-7-5-8-12-18/h6,9-10,13-14,16-18,20,22,26,37H,4-5,7-8,11-12,15H2,1-3H3,(H,34,44)(H2,30,32,33)/t17?,20-,22?,26-,28-,43?/m1/s1. The number of imidazole rings is 1. The molecule has 2 aromatic heterocycles. The van der Waals surface area contributed by atoms with Gasteiger partial charge in [-0.05, 0) is 70.4 Å². The summed E-state index contributed by atoms with van der Waals surface area (Å²) in [5.41, 5.74) is 4.32. The zero-order chi connectivity index (χ0) is 31.5. The number of carbonyl (C=O) groups excluding carboxylic acids is 1. The molecule has 13 nitrogen and oxygen atoms in total. The predicted molar refractivity (Wildman–Crippen MR) is 163 cm³/mol. The Morgan fingerprint density at radius 2 is 2.02 bits per heavy atom. The van der Waals surface area contributed by atoms with Crippen LogP contribution < -0.4 is 20.1 Å². The van der Waals surface area contributed by atoms with Gasteiger partial charge in [-0.3, -0.25) is 9.36 Å². The molecule has 3 heterocycles. The number of carbonyl (C=O) groups is 1. The smallest absolute Gasteiger partial charge is 0.323 e. The number of hydrogen-bond donors (Lipinski definition) is 3. The molecule has 0 spiro atoms. The van der Waals surface area contributed by atoms with E-state index in [1.165, 1.54) is 17.8 Å². The van der Waals surface area contributed by atoms with Crippen molar-refractivity contribution in [3.8, 4) is 11.6 Å². The van der Waals surface area contributed by atoms with Crippen molar-refractivity contribution in [3.63, 3.8) is 0 Å².